The number of β-lactam (4-membered cyclic amide) rings is 1. The number of halogens is 1. The van der Waals surface area contributed by atoms with Crippen molar-refractivity contribution < 1.29 is 13.2 Å². The SMILES string of the molecule is O=C1C(Cl)C(S)(S)N1c1ccc(S(=O)(=O)Nc2ncccn2)cc1. The van der Waals surface area contributed by atoms with Crippen molar-refractivity contribution in [2.75, 3.05) is 9.62 Å². The Balaban J connectivity index is 1.83. The molecule has 0 saturated carbocycles. The minimum Gasteiger partial charge on any atom is -0.285 e. The molecular formula is C13H11ClN4O3S3. The molecule has 1 aliphatic rings. The highest BCUT2D eigenvalue weighted by molar-refractivity contribution is 8.01. The molecule has 11 heteroatoms. The number of anilines is 2. The lowest BCUT2D eigenvalue weighted by atomic mass is 10.1. The van der Waals surface area contributed by atoms with Gasteiger partial charge < -0.3 is 0 Å². The van der Waals surface area contributed by atoms with Crippen LogP contribution in [0.4, 0.5) is 11.6 Å². The van der Waals surface area contributed by atoms with E-state index in [0.29, 0.717) is 5.69 Å². The first-order valence-electron chi connectivity index (χ1n) is 6.56. The summed E-state index contributed by atoms with van der Waals surface area (Å²) in [6.07, 6.45) is 2.84. The van der Waals surface area contributed by atoms with Gasteiger partial charge in [-0.15, -0.1) is 36.9 Å². The monoisotopic (exact) mass is 402 g/mol. The summed E-state index contributed by atoms with van der Waals surface area (Å²) in [7, 11) is -3.84. The molecule has 1 aromatic heterocycles. The van der Waals surface area contributed by atoms with Crippen LogP contribution in [0.2, 0.25) is 0 Å². The summed E-state index contributed by atoms with van der Waals surface area (Å²) in [6.45, 7) is 0. The maximum Gasteiger partial charge on any atom is 0.264 e. The number of rotatable bonds is 4. The number of benzene rings is 1. The van der Waals surface area contributed by atoms with E-state index in [1.807, 2.05) is 0 Å². The molecule has 3 rings (SSSR count). The number of nitrogens with zero attached hydrogens (tertiary/aromatic N) is 3. The van der Waals surface area contributed by atoms with Gasteiger partial charge in [0.25, 0.3) is 15.9 Å². The Morgan fingerprint density at radius 2 is 1.75 bits per heavy atom. The Kier molecular flexibility index (Phi) is 4.41. The molecule has 1 saturated heterocycles. The zero-order chi connectivity index (χ0) is 17.5. The van der Waals surface area contributed by atoms with E-state index in [2.05, 4.69) is 39.9 Å². The Morgan fingerprint density at radius 1 is 1.17 bits per heavy atom. The molecule has 1 aromatic carbocycles. The molecule has 1 unspecified atom stereocenters. The van der Waals surface area contributed by atoms with Crippen LogP contribution in [0.15, 0.2) is 47.6 Å². The second-order valence-corrected chi connectivity index (χ2v) is 8.73. The van der Waals surface area contributed by atoms with Gasteiger partial charge in [-0.2, -0.15) is 0 Å². The van der Waals surface area contributed by atoms with Gasteiger partial charge in [0, 0.05) is 18.1 Å². The van der Waals surface area contributed by atoms with Crippen molar-refractivity contribution in [2.45, 2.75) is 14.5 Å². The molecule has 1 amide bonds. The van der Waals surface area contributed by atoms with Gasteiger partial charge in [0.15, 0.2) is 9.58 Å². The molecule has 1 atom stereocenters. The lowest BCUT2D eigenvalue weighted by Gasteiger charge is -2.49. The molecule has 2 aromatic rings. The molecule has 126 valence electrons. The van der Waals surface area contributed by atoms with E-state index in [9.17, 15) is 13.2 Å². The van der Waals surface area contributed by atoms with Crippen LogP contribution >= 0.6 is 36.9 Å². The van der Waals surface area contributed by atoms with Crippen molar-refractivity contribution in [1.82, 2.24) is 9.97 Å². The third-order valence-electron chi connectivity index (χ3n) is 3.30. The van der Waals surface area contributed by atoms with E-state index in [1.54, 1.807) is 6.07 Å². The average molecular weight is 403 g/mol. The number of alkyl halides is 1. The quantitative estimate of drug-likeness (QED) is 0.313. The molecule has 7 nitrogen and oxygen atoms in total. The number of sulfonamides is 1. The number of hydrogen-bond donors (Lipinski definition) is 3. The number of amides is 1. The van der Waals surface area contributed by atoms with Crippen LogP contribution in [0.1, 0.15) is 0 Å². The van der Waals surface area contributed by atoms with E-state index < -0.39 is 19.6 Å². The van der Waals surface area contributed by atoms with E-state index in [1.165, 1.54) is 41.6 Å². The molecule has 0 radical (unpaired) electrons. The standard InChI is InChI=1S/C13H11ClN4O3S3/c14-10-11(19)18(13(10,22)23)8-2-4-9(5-3-8)24(20,21)17-12-15-6-1-7-16-12/h1-7,10,22-23H,(H,15,16,17). The first kappa shape index (κ1) is 17.3. The maximum absolute atomic E-state index is 12.3. The van der Waals surface area contributed by atoms with Gasteiger partial charge in [0.1, 0.15) is 0 Å². The smallest absolute Gasteiger partial charge is 0.264 e. The lowest BCUT2D eigenvalue weighted by Crippen LogP contribution is -2.67. The lowest BCUT2D eigenvalue weighted by molar-refractivity contribution is -0.122. The molecule has 0 bridgehead atoms. The zero-order valence-electron chi connectivity index (χ0n) is 11.9. The summed E-state index contributed by atoms with van der Waals surface area (Å²) >= 11 is 14.3. The molecule has 1 fully saturated rings. The van der Waals surface area contributed by atoms with Gasteiger partial charge >= 0.3 is 0 Å². The first-order valence-corrected chi connectivity index (χ1v) is 9.37. The molecule has 1 N–H and O–H groups in total. The number of hydrogen-bond acceptors (Lipinski definition) is 7. The van der Waals surface area contributed by atoms with Gasteiger partial charge in [-0.05, 0) is 30.3 Å². The van der Waals surface area contributed by atoms with Crippen LogP contribution in [0.5, 0.6) is 0 Å². The van der Waals surface area contributed by atoms with Crippen LogP contribution in [0.3, 0.4) is 0 Å². The van der Waals surface area contributed by atoms with Crippen LogP contribution in [-0.4, -0.2) is 33.9 Å². The van der Waals surface area contributed by atoms with Gasteiger partial charge in [0.05, 0.1) is 4.90 Å². The fourth-order valence-corrected chi connectivity index (χ4v) is 3.91. The summed E-state index contributed by atoms with van der Waals surface area (Å²) < 4.78 is 25.7. The predicted octanol–water partition coefficient (Wildman–Crippen LogP) is 1.74. The molecule has 1 aliphatic heterocycles. The number of carbonyl (C=O) groups excluding carboxylic acids is 1. The molecule has 2 heterocycles. The summed E-state index contributed by atoms with van der Waals surface area (Å²) in [5, 5.41) is -0.857. The average Bonchev–Trinajstić information content (AvgIpc) is 2.55. The Bertz CT molecular complexity index is 875. The third-order valence-corrected chi connectivity index (χ3v) is 6.37. The van der Waals surface area contributed by atoms with Gasteiger partial charge in [0.2, 0.25) is 5.95 Å². The zero-order valence-corrected chi connectivity index (χ0v) is 15.2. The fourth-order valence-electron chi connectivity index (χ4n) is 2.11. The van der Waals surface area contributed by atoms with Crippen molar-refractivity contribution in [3.8, 4) is 0 Å². The first-order chi connectivity index (χ1) is 11.2. The van der Waals surface area contributed by atoms with Crippen molar-refractivity contribution in [1.29, 1.82) is 0 Å². The molecular weight excluding hydrogens is 392 g/mol. The van der Waals surface area contributed by atoms with Crippen molar-refractivity contribution in [3.63, 3.8) is 0 Å². The van der Waals surface area contributed by atoms with Gasteiger partial charge in [-0.3, -0.25) is 9.69 Å². The predicted molar refractivity (Wildman–Crippen MR) is 97.1 cm³/mol. The minimum absolute atomic E-state index is 0.00183. The number of aromatic nitrogens is 2. The second kappa shape index (κ2) is 6.10. The van der Waals surface area contributed by atoms with E-state index in [4.69, 9.17) is 11.6 Å². The van der Waals surface area contributed by atoms with Crippen molar-refractivity contribution >= 4 is 64.4 Å². The Labute approximate surface area is 154 Å². The fraction of sp³-hybridized carbons (Fsp3) is 0.154. The highest BCUT2D eigenvalue weighted by Gasteiger charge is 2.56. The van der Waals surface area contributed by atoms with Crippen LogP contribution < -0.4 is 9.62 Å². The summed E-state index contributed by atoms with van der Waals surface area (Å²) in [6, 6.07) is 7.23. The largest absolute Gasteiger partial charge is 0.285 e. The van der Waals surface area contributed by atoms with Gasteiger partial charge in [-0.25, -0.2) is 23.1 Å². The number of thiol groups is 2. The maximum atomic E-state index is 12.3. The highest BCUT2D eigenvalue weighted by Crippen LogP contribution is 2.45. The Hall–Kier alpha value is -1.49. The van der Waals surface area contributed by atoms with Crippen LogP contribution in [-0.2, 0) is 14.8 Å². The third kappa shape index (κ3) is 2.94. The van der Waals surface area contributed by atoms with Crippen molar-refractivity contribution in [3.05, 3.63) is 42.7 Å². The minimum atomic E-state index is -3.84. The normalized spacial score (nSPS) is 19.7. The molecule has 24 heavy (non-hydrogen) atoms. The highest BCUT2D eigenvalue weighted by atomic mass is 35.5. The molecule has 0 spiro atoms. The van der Waals surface area contributed by atoms with E-state index >= 15 is 0 Å². The number of carbonyl (C=O) groups is 1. The summed E-state index contributed by atoms with van der Waals surface area (Å²) in [5.41, 5.74) is 0.441. The second-order valence-electron chi connectivity index (χ2n) is 4.90. The van der Waals surface area contributed by atoms with Gasteiger partial charge in [-0.1, -0.05) is 0 Å². The summed E-state index contributed by atoms with van der Waals surface area (Å²) in [4.78, 5) is 20.7. The van der Waals surface area contributed by atoms with Crippen LogP contribution in [0, 0.1) is 0 Å². The topological polar surface area (TPSA) is 92.3 Å². The van der Waals surface area contributed by atoms with E-state index in [-0.39, 0.29) is 16.8 Å². The molecule has 0 aliphatic carbocycles. The summed E-state index contributed by atoms with van der Waals surface area (Å²) in [5.74, 6) is -0.387. The van der Waals surface area contributed by atoms with Crippen LogP contribution in [0.25, 0.3) is 0 Å². The van der Waals surface area contributed by atoms with Crippen molar-refractivity contribution in [2.24, 2.45) is 0 Å². The number of nitrogens with one attached hydrogen (secondary N) is 1. The Morgan fingerprint density at radius 3 is 2.29 bits per heavy atom. The van der Waals surface area contributed by atoms with E-state index in [0.717, 1.165) is 0 Å².